The number of hydrogen-bond donors (Lipinski definition) is 1. The number of methoxy groups -OCH3 is 1. The quantitative estimate of drug-likeness (QED) is 0.841. The lowest BCUT2D eigenvalue weighted by Gasteiger charge is -2.08. The molecule has 84 valence electrons. The van der Waals surface area contributed by atoms with Crippen molar-refractivity contribution in [2.75, 3.05) is 16.5 Å². The Balaban J connectivity index is 2.94. The van der Waals surface area contributed by atoms with E-state index in [1.54, 1.807) is 25.3 Å². The fraction of sp³-hybridized carbons (Fsp3) is 0.250. The van der Waals surface area contributed by atoms with Gasteiger partial charge in [0.1, 0.15) is 10.4 Å². The van der Waals surface area contributed by atoms with Crippen LogP contribution in [0.5, 0.6) is 5.75 Å². The fourth-order valence-corrected chi connectivity index (χ4v) is 2.36. The molecule has 0 aliphatic rings. The summed E-state index contributed by atoms with van der Waals surface area (Å²) in [5.74, 6) is 0.650. The Kier molecular flexibility index (Phi) is 4.42. The van der Waals surface area contributed by atoms with Gasteiger partial charge < -0.3 is 4.74 Å². The molecule has 0 saturated carbocycles. The van der Waals surface area contributed by atoms with Gasteiger partial charge in [0.15, 0.2) is 0 Å². The van der Waals surface area contributed by atoms with Crippen molar-refractivity contribution in [3.8, 4) is 5.75 Å². The molecule has 0 bridgehead atoms. The normalized spacial score (nSPS) is 11.1. The Morgan fingerprint density at radius 2 is 2.13 bits per heavy atom. The summed E-state index contributed by atoms with van der Waals surface area (Å²) in [6, 6.07) is 4.94. The van der Waals surface area contributed by atoms with Gasteiger partial charge in [-0.2, -0.15) is 0 Å². The Morgan fingerprint density at radius 3 is 2.60 bits per heavy atom. The first-order valence-electron chi connectivity index (χ1n) is 3.88. The van der Waals surface area contributed by atoms with Crippen LogP contribution in [-0.2, 0) is 10.0 Å². The number of benzene rings is 1. The van der Waals surface area contributed by atoms with Crippen molar-refractivity contribution >= 4 is 47.6 Å². The Morgan fingerprint density at radius 1 is 1.47 bits per heavy atom. The first-order chi connectivity index (χ1) is 6.98. The molecule has 0 heterocycles. The molecule has 15 heavy (non-hydrogen) atoms. The number of halogens is 2. The van der Waals surface area contributed by atoms with Crippen LogP contribution in [0.15, 0.2) is 22.7 Å². The van der Waals surface area contributed by atoms with Gasteiger partial charge in [0, 0.05) is 5.69 Å². The summed E-state index contributed by atoms with van der Waals surface area (Å²) >= 11 is 6.15. The van der Waals surface area contributed by atoms with E-state index in [0.29, 0.717) is 15.9 Å². The van der Waals surface area contributed by atoms with Gasteiger partial charge in [-0.1, -0.05) is 15.9 Å². The van der Waals surface area contributed by atoms with Gasteiger partial charge in [0.2, 0.25) is 10.0 Å². The van der Waals surface area contributed by atoms with Gasteiger partial charge in [-0.15, -0.1) is 0 Å². The summed E-state index contributed by atoms with van der Waals surface area (Å²) < 4.78 is 30.4. The second kappa shape index (κ2) is 5.18. The van der Waals surface area contributed by atoms with Crippen LogP contribution < -0.4 is 9.46 Å². The summed E-state index contributed by atoms with van der Waals surface area (Å²) in [7, 11) is -1.76. The van der Waals surface area contributed by atoms with E-state index in [-0.39, 0.29) is 4.66 Å². The minimum atomic E-state index is -3.30. The molecule has 0 aliphatic heterocycles. The predicted octanol–water partition coefficient (Wildman–Crippen LogP) is 2.55. The van der Waals surface area contributed by atoms with E-state index < -0.39 is 10.0 Å². The average molecular weight is 359 g/mol. The highest BCUT2D eigenvalue weighted by Crippen LogP contribution is 2.28. The van der Waals surface area contributed by atoms with Crippen molar-refractivity contribution in [1.82, 2.24) is 0 Å². The van der Waals surface area contributed by atoms with Crippen molar-refractivity contribution in [2.45, 2.75) is 0 Å². The van der Waals surface area contributed by atoms with Crippen LogP contribution in [0, 0.1) is 0 Å². The second-order valence-electron chi connectivity index (χ2n) is 2.68. The third-order valence-corrected chi connectivity index (χ3v) is 4.83. The highest BCUT2D eigenvalue weighted by Gasteiger charge is 2.09. The van der Waals surface area contributed by atoms with Crippen molar-refractivity contribution < 1.29 is 13.2 Å². The van der Waals surface area contributed by atoms with E-state index in [4.69, 9.17) is 4.74 Å². The Hall–Kier alpha value is -0.270. The molecular weight excluding hydrogens is 350 g/mol. The standard InChI is InChI=1S/C8H9Br2NO3S/c1-14-8-3-2-6(4-7(8)10)11-15(12,13)5-9/h2-4,11H,5H2,1H3. The zero-order chi connectivity index (χ0) is 11.5. The van der Waals surface area contributed by atoms with Gasteiger partial charge in [-0.25, -0.2) is 8.42 Å². The van der Waals surface area contributed by atoms with Crippen LogP contribution in [0.2, 0.25) is 0 Å². The second-order valence-corrected chi connectivity index (χ2v) is 6.55. The molecule has 1 aromatic rings. The largest absolute Gasteiger partial charge is 0.496 e. The number of nitrogens with one attached hydrogen (secondary N) is 1. The molecule has 4 nitrogen and oxygen atoms in total. The van der Waals surface area contributed by atoms with Crippen molar-refractivity contribution in [3.63, 3.8) is 0 Å². The highest BCUT2D eigenvalue weighted by molar-refractivity contribution is 9.11. The number of ether oxygens (including phenoxy) is 1. The van der Waals surface area contributed by atoms with Crippen LogP contribution in [-0.4, -0.2) is 20.2 Å². The summed E-state index contributed by atoms with van der Waals surface area (Å²) in [4.78, 5) is 0. The lowest BCUT2D eigenvalue weighted by atomic mass is 10.3. The molecule has 0 aromatic heterocycles. The van der Waals surface area contributed by atoms with Gasteiger partial charge >= 0.3 is 0 Å². The third-order valence-electron chi connectivity index (χ3n) is 1.57. The number of alkyl halides is 1. The fourth-order valence-electron chi connectivity index (χ4n) is 0.937. The average Bonchev–Trinajstić information content (AvgIpc) is 2.17. The molecule has 0 amide bonds. The molecule has 0 aliphatic carbocycles. The summed E-state index contributed by atoms with van der Waals surface area (Å²) in [6.45, 7) is 0. The van der Waals surface area contributed by atoms with Gasteiger partial charge in [0.25, 0.3) is 0 Å². The predicted molar refractivity (Wildman–Crippen MR) is 67.0 cm³/mol. The SMILES string of the molecule is COc1ccc(NS(=O)(=O)CBr)cc1Br. The molecule has 0 unspecified atom stereocenters. The van der Waals surface area contributed by atoms with E-state index >= 15 is 0 Å². The number of sulfonamides is 1. The van der Waals surface area contributed by atoms with E-state index in [9.17, 15) is 8.42 Å². The summed E-state index contributed by atoms with van der Waals surface area (Å²) in [6.07, 6.45) is 0. The molecule has 0 spiro atoms. The van der Waals surface area contributed by atoms with Crippen molar-refractivity contribution in [2.24, 2.45) is 0 Å². The van der Waals surface area contributed by atoms with E-state index in [0.717, 1.165) is 0 Å². The molecule has 1 rings (SSSR count). The Labute approximate surface area is 105 Å². The molecule has 7 heteroatoms. The first kappa shape index (κ1) is 12.8. The number of hydrogen-bond acceptors (Lipinski definition) is 3. The summed E-state index contributed by atoms with van der Waals surface area (Å²) in [5.41, 5.74) is 0.488. The van der Waals surface area contributed by atoms with E-state index in [1.165, 1.54) is 0 Å². The van der Waals surface area contributed by atoms with Crippen molar-refractivity contribution in [1.29, 1.82) is 0 Å². The minimum Gasteiger partial charge on any atom is -0.496 e. The number of anilines is 1. The topological polar surface area (TPSA) is 55.4 Å². The maximum absolute atomic E-state index is 11.2. The molecule has 1 N–H and O–H groups in total. The smallest absolute Gasteiger partial charge is 0.242 e. The maximum atomic E-state index is 11.2. The monoisotopic (exact) mass is 357 g/mol. The van der Waals surface area contributed by atoms with Crippen LogP contribution >= 0.6 is 31.9 Å². The lowest BCUT2D eigenvalue weighted by molar-refractivity contribution is 0.412. The first-order valence-corrected chi connectivity index (χ1v) is 7.45. The molecule has 0 fully saturated rings. The lowest BCUT2D eigenvalue weighted by Crippen LogP contribution is -2.13. The van der Waals surface area contributed by atoms with Gasteiger partial charge in [-0.05, 0) is 34.1 Å². The zero-order valence-corrected chi connectivity index (χ0v) is 11.8. The molecule has 0 radical (unpaired) electrons. The van der Waals surface area contributed by atoms with E-state index in [2.05, 4.69) is 36.6 Å². The summed E-state index contributed by atoms with van der Waals surface area (Å²) in [5, 5.41) is 0. The molecular formula is C8H9Br2NO3S. The number of rotatable bonds is 4. The zero-order valence-electron chi connectivity index (χ0n) is 7.83. The maximum Gasteiger partial charge on any atom is 0.242 e. The van der Waals surface area contributed by atoms with Crippen LogP contribution in [0.1, 0.15) is 0 Å². The minimum absolute atomic E-state index is 0.135. The van der Waals surface area contributed by atoms with E-state index in [1.807, 2.05) is 0 Å². The molecule has 0 atom stereocenters. The molecule has 0 saturated heterocycles. The van der Waals surface area contributed by atoms with Gasteiger partial charge in [-0.3, -0.25) is 4.72 Å². The van der Waals surface area contributed by atoms with Crippen molar-refractivity contribution in [3.05, 3.63) is 22.7 Å². The Bertz CT molecular complexity index is 447. The third kappa shape index (κ3) is 3.66. The van der Waals surface area contributed by atoms with Crippen LogP contribution in [0.3, 0.4) is 0 Å². The van der Waals surface area contributed by atoms with Crippen LogP contribution in [0.4, 0.5) is 5.69 Å². The van der Waals surface area contributed by atoms with Crippen LogP contribution in [0.25, 0.3) is 0 Å². The highest BCUT2D eigenvalue weighted by atomic mass is 79.9. The van der Waals surface area contributed by atoms with Gasteiger partial charge in [0.05, 0.1) is 11.6 Å². The molecule has 1 aromatic carbocycles.